The minimum Gasteiger partial charge on any atom is -0.492 e. The normalized spacial score (nSPS) is 10.9. The Morgan fingerprint density at radius 1 is 1.46 bits per heavy atom. The van der Waals surface area contributed by atoms with E-state index < -0.39 is 9.28 Å². The quantitative estimate of drug-likeness (QED) is 0.621. The van der Waals surface area contributed by atoms with Crippen LogP contribution < -0.4 is 0 Å². The van der Waals surface area contributed by atoms with Crippen LogP contribution in [0.1, 0.15) is 40.5 Å². The van der Waals surface area contributed by atoms with Gasteiger partial charge in [0.25, 0.3) is 5.97 Å². The molecule has 1 radical (unpaired) electrons. The van der Waals surface area contributed by atoms with Crippen molar-refractivity contribution in [2.24, 2.45) is 0 Å². The molecule has 0 aromatic heterocycles. The topological polar surface area (TPSA) is 35.5 Å². The van der Waals surface area contributed by atoms with Crippen LogP contribution in [0.25, 0.3) is 0 Å². The maximum absolute atomic E-state index is 10.7. The Bertz CT molecular complexity index is 148. The van der Waals surface area contributed by atoms with Crippen LogP contribution in [0.3, 0.4) is 0 Å². The molecule has 13 heavy (non-hydrogen) atoms. The third-order valence-corrected chi connectivity index (χ3v) is 3.37. The van der Waals surface area contributed by atoms with Crippen molar-refractivity contribution in [3.05, 3.63) is 0 Å². The Kier molecular flexibility index (Phi) is 6.90. The maximum Gasteiger partial charge on any atom is 0.460 e. The summed E-state index contributed by atoms with van der Waals surface area (Å²) >= 11 is 0. The van der Waals surface area contributed by atoms with E-state index in [-0.39, 0.29) is 12.1 Å². The molecule has 4 heteroatoms. The Labute approximate surface area is 82.3 Å². The van der Waals surface area contributed by atoms with Gasteiger partial charge in [-0.25, -0.2) is 0 Å². The van der Waals surface area contributed by atoms with Gasteiger partial charge in [0, 0.05) is 19.1 Å². The predicted octanol–water partition coefficient (Wildman–Crippen LogP) is 2.26. The summed E-state index contributed by atoms with van der Waals surface area (Å²) in [6, 6.07) is 0.888. The molecule has 0 aliphatic rings. The molecule has 0 saturated carbocycles. The molecule has 0 aliphatic heterocycles. The van der Waals surface area contributed by atoms with Crippen LogP contribution in [0.2, 0.25) is 6.04 Å². The smallest absolute Gasteiger partial charge is 0.460 e. The number of hydrogen-bond acceptors (Lipinski definition) is 3. The molecule has 0 unspecified atom stereocenters. The lowest BCUT2D eigenvalue weighted by Gasteiger charge is -2.15. The fourth-order valence-corrected chi connectivity index (χ4v) is 2.63. The molecule has 0 rings (SSSR count). The van der Waals surface area contributed by atoms with Crippen LogP contribution in [0.15, 0.2) is 0 Å². The first-order valence-corrected chi connectivity index (χ1v) is 6.29. The van der Waals surface area contributed by atoms with E-state index >= 15 is 0 Å². The van der Waals surface area contributed by atoms with Gasteiger partial charge < -0.3 is 8.85 Å². The number of carbonyl (C=O) groups excluding carboxylic acids is 1. The second kappa shape index (κ2) is 7.09. The van der Waals surface area contributed by atoms with E-state index in [1.807, 2.05) is 13.8 Å². The molecule has 0 bridgehead atoms. The summed E-state index contributed by atoms with van der Waals surface area (Å²) < 4.78 is 10.6. The van der Waals surface area contributed by atoms with Gasteiger partial charge in [-0.3, -0.25) is 4.79 Å². The lowest BCUT2D eigenvalue weighted by molar-refractivity contribution is -0.133. The first kappa shape index (κ1) is 12.6. The summed E-state index contributed by atoms with van der Waals surface area (Å²) in [4.78, 5) is 10.7. The third-order valence-electron chi connectivity index (χ3n) is 1.36. The van der Waals surface area contributed by atoms with Gasteiger partial charge in [0.15, 0.2) is 0 Å². The Morgan fingerprint density at radius 2 is 2.08 bits per heavy atom. The second-order valence-electron chi connectivity index (χ2n) is 3.24. The maximum atomic E-state index is 10.7. The summed E-state index contributed by atoms with van der Waals surface area (Å²) in [5, 5.41) is 0. The van der Waals surface area contributed by atoms with Gasteiger partial charge >= 0.3 is 9.28 Å². The van der Waals surface area contributed by atoms with Gasteiger partial charge in [0.2, 0.25) is 0 Å². The van der Waals surface area contributed by atoms with Crippen molar-refractivity contribution in [3.63, 3.8) is 0 Å². The van der Waals surface area contributed by atoms with E-state index in [9.17, 15) is 4.79 Å². The number of carbonyl (C=O) groups is 1. The highest BCUT2D eigenvalue weighted by molar-refractivity contribution is 6.46. The zero-order chi connectivity index (χ0) is 10.3. The Hall–Kier alpha value is -0.353. The molecular weight excluding hydrogens is 184 g/mol. The highest BCUT2D eigenvalue weighted by atomic mass is 28.3. The van der Waals surface area contributed by atoms with E-state index in [0.717, 1.165) is 18.9 Å². The van der Waals surface area contributed by atoms with Gasteiger partial charge in [0.05, 0.1) is 0 Å². The third kappa shape index (κ3) is 7.99. The van der Waals surface area contributed by atoms with E-state index in [2.05, 4.69) is 6.92 Å². The fourth-order valence-electron chi connectivity index (χ4n) is 0.878. The summed E-state index contributed by atoms with van der Waals surface area (Å²) in [5.41, 5.74) is 0. The lowest BCUT2D eigenvalue weighted by Crippen LogP contribution is -2.28. The zero-order valence-corrected chi connectivity index (χ0v) is 9.92. The molecule has 3 nitrogen and oxygen atoms in total. The molecule has 0 heterocycles. The summed E-state index contributed by atoms with van der Waals surface area (Å²) in [6.07, 6.45) is 2.32. The molecule has 0 spiro atoms. The van der Waals surface area contributed by atoms with Crippen LogP contribution in [-0.2, 0) is 13.6 Å². The van der Waals surface area contributed by atoms with Crippen molar-refractivity contribution in [2.75, 3.05) is 0 Å². The largest absolute Gasteiger partial charge is 0.492 e. The van der Waals surface area contributed by atoms with Crippen molar-refractivity contribution in [3.8, 4) is 0 Å². The first-order valence-electron chi connectivity index (χ1n) is 4.77. The lowest BCUT2D eigenvalue weighted by atomic mass is 10.4. The second-order valence-corrected chi connectivity index (χ2v) is 4.92. The molecule has 0 aromatic carbocycles. The molecule has 0 fully saturated rings. The van der Waals surface area contributed by atoms with Gasteiger partial charge in [-0.05, 0) is 13.8 Å². The average Bonchev–Trinajstić information content (AvgIpc) is 1.98. The summed E-state index contributed by atoms with van der Waals surface area (Å²) in [5.74, 6) is -0.231. The summed E-state index contributed by atoms with van der Waals surface area (Å²) in [7, 11) is -1.36. The fraction of sp³-hybridized carbons (Fsp3) is 0.889. The molecule has 0 saturated heterocycles. The van der Waals surface area contributed by atoms with E-state index in [1.165, 1.54) is 6.92 Å². The van der Waals surface area contributed by atoms with Crippen molar-refractivity contribution >= 4 is 15.3 Å². The van der Waals surface area contributed by atoms with E-state index in [4.69, 9.17) is 8.85 Å². The van der Waals surface area contributed by atoms with Crippen LogP contribution in [-0.4, -0.2) is 21.4 Å². The first-order chi connectivity index (χ1) is 6.06. The highest BCUT2D eigenvalue weighted by Gasteiger charge is 2.19. The number of rotatable bonds is 6. The molecular formula is C9H19O3Si. The van der Waals surface area contributed by atoms with Crippen molar-refractivity contribution in [2.45, 2.75) is 52.7 Å². The number of unbranched alkanes of at least 4 members (excludes halogenated alkanes) is 1. The van der Waals surface area contributed by atoms with Crippen LogP contribution in [0.4, 0.5) is 0 Å². The molecule has 0 atom stereocenters. The van der Waals surface area contributed by atoms with Crippen molar-refractivity contribution in [1.82, 2.24) is 0 Å². The Balaban J connectivity index is 3.80. The average molecular weight is 203 g/mol. The minimum absolute atomic E-state index is 0.144. The standard InChI is InChI=1S/C9H19O3Si/c1-5-6-7-13(11-8(2)3)12-9(4)10/h8H,5-7H2,1-4H3. The molecule has 0 aliphatic carbocycles. The van der Waals surface area contributed by atoms with Gasteiger partial charge in [-0.2, -0.15) is 0 Å². The molecule has 0 amide bonds. The van der Waals surface area contributed by atoms with E-state index in [1.54, 1.807) is 0 Å². The van der Waals surface area contributed by atoms with Crippen molar-refractivity contribution < 1.29 is 13.6 Å². The van der Waals surface area contributed by atoms with Crippen LogP contribution in [0.5, 0.6) is 0 Å². The number of hydrogen-bond donors (Lipinski definition) is 0. The molecule has 0 aromatic rings. The molecule has 0 N–H and O–H groups in total. The minimum atomic E-state index is -1.36. The van der Waals surface area contributed by atoms with E-state index in [0.29, 0.717) is 0 Å². The summed E-state index contributed by atoms with van der Waals surface area (Å²) in [6.45, 7) is 7.46. The SMILES string of the molecule is CCCC[Si](OC(C)=O)OC(C)C. The van der Waals surface area contributed by atoms with Crippen LogP contribution >= 0.6 is 0 Å². The zero-order valence-electron chi connectivity index (χ0n) is 8.92. The Morgan fingerprint density at radius 3 is 2.46 bits per heavy atom. The predicted molar refractivity (Wildman–Crippen MR) is 53.5 cm³/mol. The van der Waals surface area contributed by atoms with Crippen LogP contribution in [0, 0.1) is 0 Å². The van der Waals surface area contributed by atoms with Gasteiger partial charge in [0.1, 0.15) is 0 Å². The molecule has 77 valence electrons. The monoisotopic (exact) mass is 203 g/mol. The van der Waals surface area contributed by atoms with Gasteiger partial charge in [-0.15, -0.1) is 0 Å². The van der Waals surface area contributed by atoms with Gasteiger partial charge in [-0.1, -0.05) is 19.8 Å². The highest BCUT2D eigenvalue weighted by Crippen LogP contribution is 2.06. The van der Waals surface area contributed by atoms with Crippen molar-refractivity contribution in [1.29, 1.82) is 0 Å².